The van der Waals surface area contributed by atoms with Crippen molar-refractivity contribution in [2.24, 2.45) is 0 Å². The summed E-state index contributed by atoms with van der Waals surface area (Å²) in [4.78, 5) is 2.77. The van der Waals surface area contributed by atoms with E-state index in [9.17, 15) is 8.42 Å². The number of anilines is 1. The summed E-state index contributed by atoms with van der Waals surface area (Å²) < 4.78 is 32.5. The lowest BCUT2D eigenvalue weighted by molar-refractivity contribution is -0.401. The van der Waals surface area contributed by atoms with Gasteiger partial charge in [0.2, 0.25) is 15.7 Å². The first-order valence-electron chi connectivity index (χ1n) is 15.3. The fourth-order valence-electron chi connectivity index (χ4n) is 7.55. The molecule has 0 saturated carbocycles. The lowest BCUT2D eigenvalue weighted by atomic mass is 9.81. The Kier molecular flexibility index (Phi) is 7.22. The van der Waals surface area contributed by atoms with Crippen LogP contribution in [-0.2, 0) is 20.9 Å². The van der Waals surface area contributed by atoms with Crippen LogP contribution in [0, 0.1) is 0 Å². The molecule has 0 amide bonds. The van der Waals surface area contributed by atoms with Crippen LogP contribution >= 0.6 is 0 Å². The van der Waals surface area contributed by atoms with Crippen LogP contribution in [0.15, 0.2) is 94.6 Å². The van der Waals surface area contributed by atoms with Gasteiger partial charge < -0.3 is 4.90 Å². The molecule has 1 saturated heterocycles. The number of likely N-dealkylation sites (N-methyl/N-ethyl adjacent to an activating group) is 1. The molecule has 2 aromatic carbocycles. The van der Waals surface area contributed by atoms with E-state index in [0.29, 0.717) is 18.0 Å². The van der Waals surface area contributed by atoms with E-state index in [1.807, 2.05) is 0 Å². The van der Waals surface area contributed by atoms with E-state index in [1.165, 1.54) is 33.9 Å². The van der Waals surface area contributed by atoms with Gasteiger partial charge in [-0.25, -0.2) is 8.42 Å². The minimum atomic E-state index is -3.62. The largest absolute Gasteiger partial charge is 0.347 e. The van der Waals surface area contributed by atoms with Gasteiger partial charge in [0.1, 0.15) is 7.05 Å². The summed E-state index contributed by atoms with van der Waals surface area (Å²) in [6, 6.07) is 17.1. The Bertz CT molecular complexity index is 1700. The molecule has 6 heteroatoms. The van der Waals surface area contributed by atoms with Gasteiger partial charge in [0.25, 0.3) is 0 Å². The molecule has 0 spiro atoms. The molecule has 0 aromatic heterocycles. The summed E-state index contributed by atoms with van der Waals surface area (Å²) >= 11 is 0. The van der Waals surface area contributed by atoms with Crippen molar-refractivity contribution in [2.75, 3.05) is 32.1 Å². The molecule has 0 N–H and O–H groups in total. The molecule has 2 aromatic rings. The Labute approximate surface area is 252 Å². The first kappa shape index (κ1) is 28.9. The van der Waals surface area contributed by atoms with Crippen molar-refractivity contribution >= 4 is 27.1 Å². The summed E-state index contributed by atoms with van der Waals surface area (Å²) in [6.07, 6.45) is 12.9. The topological polar surface area (TPSA) is 43.6 Å². The number of allylic oxidation sites excluding steroid dienone is 7. The fourth-order valence-corrected chi connectivity index (χ4v) is 9.55. The van der Waals surface area contributed by atoms with Crippen LogP contribution in [-0.4, -0.2) is 50.2 Å². The lowest BCUT2D eigenvalue weighted by Gasteiger charge is -2.27. The van der Waals surface area contributed by atoms with E-state index in [0.717, 1.165) is 43.3 Å². The van der Waals surface area contributed by atoms with Crippen molar-refractivity contribution in [1.82, 2.24) is 4.31 Å². The third-order valence-corrected chi connectivity index (χ3v) is 12.0. The van der Waals surface area contributed by atoms with Crippen LogP contribution < -0.4 is 4.90 Å². The summed E-state index contributed by atoms with van der Waals surface area (Å²) in [5.41, 5.74) is 8.87. The van der Waals surface area contributed by atoms with Crippen LogP contribution in [0.5, 0.6) is 0 Å². The minimum absolute atomic E-state index is 0.163. The Hall–Kier alpha value is -3.22. The highest BCUT2D eigenvalue weighted by Gasteiger charge is 2.43. The average Bonchev–Trinajstić information content (AvgIpc) is 3.54. The van der Waals surface area contributed by atoms with E-state index in [-0.39, 0.29) is 10.8 Å². The summed E-state index contributed by atoms with van der Waals surface area (Å²) in [7, 11) is 0.601. The minimum Gasteiger partial charge on any atom is -0.347 e. The number of fused-ring (bicyclic) bond motifs is 2. The summed E-state index contributed by atoms with van der Waals surface area (Å²) in [6.45, 7) is 10.2. The van der Waals surface area contributed by atoms with Gasteiger partial charge in [-0.3, -0.25) is 0 Å². The van der Waals surface area contributed by atoms with Crippen molar-refractivity contribution in [2.45, 2.75) is 70.6 Å². The van der Waals surface area contributed by atoms with E-state index in [2.05, 4.69) is 124 Å². The van der Waals surface area contributed by atoms with Crippen molar-refractivity contribution in [3.63, 3.8) is 0 Å². The standard InChI is InChI=1S/C36H44N3O2S/c1-35(2)28-14-8-10-16-30(28)37(5)32(35)22-20-26-18-19-27(34(26)42(40,41)39-24-12-7-13-25-39)21-23-33-36(3,4)29-15-9-11-17-31(29)38(33)6/h8-11,14-17,20-23H,7,12-13,18-19,24-25H2,1-6H3/q+1. The number of nitrogens with zero attached hydrogens (tertiary/aromatic N) is 3. The first-order valence-corrected chi connectivity index (χ1v) is 16.8. The molecule has 1 aliphatic carbocycles. The maximum Gasteiger partial charge on any atom is 0.243 e. The summed E-state index contributed by atoms with van der Waals surface area (Å²) in [5.74, 6) is 0. The fraction of sp³-hybridized carbons (Fsp3) is 0.417. The monoisotopic (exact) mass is 582 g/mol. The smallest absolute Gasteiger partial charge is 0.243 e. The second-order valence-corrected chi connectivity index (χ2v) is 15.1. The van der Waals surface area contributed by atoms with Crippen LogP contribution in [0.3, 0.4) is 0 Å². The predicted octanol–water partition coefficient (Wildman–Crippen LogP) is 7.35. The molecular formula is C36H44N3O2S+. The van der Waals surface area contributed by atoms with Crippen molar-refractivity contribution in [1.29, 1.82) is 0 Å². The van der Waals surface area contributed by atoms with Crippen molar-refractivity contribution < 1.29 is 13.0 Å². The Morgan fingerprint density at radius 1 is 0.810 bits per heavy atom. The number of benzene rings is 2. The zero-order chi connectivity index (χ0) is 29.9. The molecule has 220 valence electrons. The number of hydrogen-bond donors (Lipinski definition) is 0. The Morgan fingerprint density at radius 3 is 2.17 bits per heavy atom. The lowest BCUT2D eigenvalue weighted by Crippen LogP contribution is -2.36. The van der Waals surface area contributed by atoms with Gasteiger partial charge in [-0.05, 0) is 68.4 Å². The van der Waals surface area contributed by atoms with Gasteiger partial charge in [0, 0.05) is 54.6 Å². The third-order valence-electron chi connectivity index (χ3n) is 9.93. The highest BCUT2D eigenvalue weighted by atomic mass is 32.2. The normalized spacial score (nSPS) is 24.0. The number of para-hydroxylation sites is 2. The van der Waals surface area contributed by atoms with Gasteiger partial charge in [-0.15, -0.1) is 0 Å². The van der Waals surface area contributed by atoms with Crippen molar-refractivity contribution in [3.8, 4) is 0 Å². The third kappa shape index (κ3) is 4.55. The second kappa shape index (κ2) is 10.5. The van der Waals surface area contributed by atoms with Gasteiger partial charge >= 0.3 is 0 Å². The van der Waals surface area contributed by atoms with Gasteiger partial charge in [0.15, 0.2) is 5.71 Å². The number of rotatable bonds is 5. The quantitative estimate of drug-likeness (QED) is 0.346. The molecule has 3 heterocycles. The number of piperidine rings is 1. The molecule has 6 rings (SSSR count). The molecule has 3 aliphatic heterocycles. The summed E-state index contributed by atoms with van der Waals surface area (Å²) in [5, 5.41) is 0. The maximum absolute atomic E-state index is 14.3. The molecule has 0 radical (unpaired) electrons. The molecule has 1 fully saturated rings. The highest BCUT2D eigenvalue weighted by Crippen LogP contribution is 2.47. The first-order chi connectivity index (χ1) is 20.0. The molecule has 42 heavy (non-hydrogen) atoms. The predicted molar refractivity (Wildman–Crippen MR) is 174 cm³/mol. The average molecular weight is 583 g/mol. The maximum atomic E-state index is 14.3. The molecule has 0 bridgehead atoms. The van der Waals surface area contributed by atoms with Crippen LogP contribution in [0.4, 0.5) is 11.4 Å². The SMILES string of the molecule is CN1/C(=C/C=C2\CCC(/C=C/C3=[N+](C)c4ccccc4C3(C)C)=C2S(=O)(=O)N2CCCCC2)C(C)(C)c2ccccc21. The van der Waals surface area contributed by atoms with Crippen molar-refractivity contribution in [3.05, 3.63) is 106 Å². The highest BCUT2D eigenvalue weighted by molar-refractivity contribution is 7.93. The Morgan fingerprint density at radius 2 is 1.48 bits per heavy atom. The van der Waals surface area contributed by atoms with E-state index >= 15 is 0 Å². The molecule has 0 unspecified atom stereocenters. The number of hydrogen-bond acceptors (Lipinski definition) is 3. The van der Waals surface area contributed by atoms with Gasteiger partial charge in [-0.2, -0.15) is 8.88 Å². The second-order valence-electron chi connectivity index (χ2n) is 13.2. The van der Waals surface area contributed by atoms with E-state index < -0.39 is 10.0 Å². The van der Waals surface area contributed by atoms with Crippen LogP contribution in [0.2, 0.25) is 0 Å². The zero-order valence-corrected chi connectivity index (χ0v) is 26.8. The molecule has 5 nitrogen and oxygen atoms in total. The number of sulfonamides is 1. The van der Waals surface area contributed by atoms with E-state index in [1.54, 1.807) is 4.31 Å². The van der Waals surface area contributed by atoms with Gasteiger partial charge in [-0.1, -0.05) is 68.8 Å². The van der Waals surface area contributed by atoms with E-state index in [4.69, 9.17) is 0 Å². The van der Waals surface area contributed by atoms with Gasteiger partial charge in [0.05, 0.1) is 10.3 Å². The zero-order valence-electron chi connectivity index (χ0n) is 25.9. The molecular weight excluding hydrogens is 538 g/mol. The van der Waals surface area contributed by atoms with Crippen LogP contribution in [0.1, 0.15) is 70.9 Å². The molecule has 0 atom stereocenters. The Balaban J connectivity index is 1.43. The van der Waals surface area contributed by atoms with Crippen LogP contribution in [0.25, 0.3) is 0 Å². The molecule has 4 aliphatic rings.